The molecule has 7 fully saturated rings. The second-order valence-corrected chi connectivity index (χ2v) is 6.85. The normalized spacial score (nSPS) is 69.8. The Morgan fingerprint density at radius 2 is 1.94 bits per heavy atom. The maximum Gasteiger partial charge on any atom is 0.310 e. The van der Waals surface area contributed by atoms with Gasteiger partial charge in [0.15, 0.2) is 5.79 Å². The molecule has 4 nitrogen and oxygen atoms in total. The summed E-state index contributed by atoms with van der Waals surface area (Å²) in [5.41, 5.74) is -0.445. The van der Waals surface area contributed by atoms with Gasteiger partial charge < -0.3 is 14.6 Å². The second-order valence-electron chi connectivity index (χ2n) is 6.85. The average molecular weight is 234 g/mol. The molecular weight excluding hydrogens is 220 g/mol. The van der Waals surface area contributed by atoms with Crippen molar-refractivity contribution in [2.24, 2.45) is 46.8 Å². The van der Waals surface area contributed by atoms with Crippen LogP contribution in [0.1, 0.15) is 6.42 Å². The first kappa shape index (κ1) is 8.48. The summed E-state index contributed by atoms with van der Waals surface area (Å²) in [4.78, 5) is 11.9. The van der Waals surface area contributed by atoms with Gasteiger partial charge in [-0.2, -0.15) is 0 Å². The van der Waals surface area contributed by atoms with Gasteiger partial charge in [0, 0.05) is 11.8 Å². The van der Waals surface area contributed by atoms with Crippen molar-refractivity contribution in [2.45, 2.75) is 12.2 Å². The fraction of sp³-hybridized carbons (Fsp3) is 0.923. The lowest BCUT2D eigenvalue weighted by Crippen LogP contribution is -2.70. The number of ether oxygens (including phenoxy) is 2. The number of hydrogen-bond donors (Lipinski definition) is 1. The summed E-state index contributed by atoms with van der Waals surface area (Å²) >= 11 is 0. The number of hydrogen-bond acceptors (Lipinski definition) is 3. The molecule has 7 aliphatic rings. The minimum Gasteiger partial charge on any atom is -0.481 e. The highest BCUT2D eigenvalue weighted by atomic mass is 16.7. The Bertz CT molecular complexity index is 482. The number of carboxylic acids is 1. The van der Waals surface area contributed by atoms with Gasteiger partial charge in [-0.3, -0.25) is 4.79 Å². The van der Waals surface area contributed by atoms with Crippen molar-refractivity contribution in [1.29, 1.82) is 0 Å². The Labute approximate surface area is 98.3 Å². The van der Waals surface area contributed by atoms with Crippen LogP contribution in [0.25, 0.3) is 0 Å². The number of rotatable bonds is 1. The molecule has 0 radical (unpaired) electrons. The van der Waals surface area contributed by atoms with Gasteiger partial charge in [-0.1, -0.05) is 0 Å². The van der Waals surface area contributed by atoms with Crippen LogP contribution < -0.4 is 0 Å². The fourth-order valence-corrected chi connectivity index (χ4v) is 7.51. The van der Waals surface area contributed by atoms with Gasteiger partial charge in [0.05, 0.1) is 18.6 Å². The smallest absolute Gasteiger partial charge is 0.310 e. The molecule has 0 aromatic heterocycles. The third-order valence-corrected chi connectivity index (χ3v) is 7.26. The van der Waals surface area contributed by atoms with Crippen LogP contribution in [0.4, 0.5) is 0 Å². The minimum atomic E-state index is -0.560. The van der Waals surface area contributed by atoms with E-state index < -0.39 is 17.2 Å². The molecule has 6 aliphatic carbocycles. The Balaban J connectivity index is 1.64. The summed E-state index contributed by atoms with van der Waals surface area (Å²) < 4.78 is 11.9. The molecule has 17 heavy (non-hydrogen) atoms. The summed E-state index contributed by atoms with van der Waals surface area (Å²) in [6.45, 7) is 1.31. The Hall–Kier alpha value is -0.610. The number of carbonyl (C=O) groups is 1. The molecule has 0 amide bonds. The molecule has 8 atom stereocenters. The van der Waals surface area contributed by atoms with Crippen molar-refractivity contribution >= 4 is 5.97 Å². The summed E-state index contributed by atoms with van der Waals surface area (Å²) in [6, 6.07) is 0. The highest BCUT2D eigenvalue weighted by Crippen LogP contribution is 2.96. The van der Waals surface area contributed by atoms with E-state index in [0.717, 1.165) is 12.3 Å². The van der Waals surface area contributed by atoms with E-state index in [-0.39, 0.29) is 5.92 Å². The molecule has 1 aliphatic heterocycles. The molecule has 1 saturated heterocycles. The van der Waals surface area contributed by atoms with Gasteiger partial charge in [-0.05, 0) is 36.0 Å². The molecule has 90 valence electrons. The van der Waals surface area contributed by atoms with Crippen LogP contribution in [0.15, 0.2) is 0 Å². The fourth-order valence-electron chi connectivity index (χ4n) is 7.51. The van der Waals surface area contributed by atoms with E-state index >= 15 is 0 Å². The first-order valence-electron chi connectivity index (χ1n) is 6.76. The molecule has 4 bridgehead atoms. The molecule has 0 aromatic carbocycles. The van der Waals surface area contributed by atoms with Gasteiger partial charge in [0.2, 0.25) is 0 Å². The maximum absolute atomic E-state index is 11.9. The predicted octanol–water partition coefficient (Wildman–Crippen LogP) is 0.572. The minimum absolute atomic E-state index is 0.171. The average Bonchev–Trinajstić information content (AvgIpc) is 2.92. The zero-order valence-corrected chi connectivity index (χ0v) is 9.33. The predicted molar refractivity (Wildman–Crippen MR) is 53.8 cm³/mol. The molecule has 0 unspecified atom stereocenters. The largest absolute Gasteiger partial charge is 0.481 e. The summed E-state index contributed by atoms with van der Waals surface area (Å²) in [6.07, 6.45) is 1.13. The molecule has 1 N–H and O–H groups in total. The van der Waals surface area contributed by atoms with Crippen LogP contribution in [-0.2, 0) is 14.3 Å². The van der Waals surface area contributed by atoms with Crippen molar-refractivity contribution in [3.8, 4) is 0 Å². The lowest BCUT2D eigenvalue weighted by atomic mass is 9.34. The second kappa shape index (κ2) is 1.95. The SMILES string of the molecule is O=C(O)[C@@]12[C@H]3[C@@H]4[C@H]5[C@H](C[C@@H]41)[C@H]2C1(OCCO1)[C@@H]53. The van der Waals surface area contributed by atoms with Crippen molar-refractivity contribution in [1.82, 2.24) is 0 Å². The van der Waals surface area contributed by atoms with Crippen molar-refractivity contribution in [3.63, 3.8) is 0 Å². The Morgan fingerprint density at radius 3 is 2.65 bits per heavy atom. The first-order chi connectivity index (χ1) is 8.24. The standard InChI is InChI=1S/C13H14O4/c14-11(15)12-5-3-4-6-7(5)8(12)9(6)13(10(4)12)16-1-2-17-13/h4-10H,1-3H2,(H,14,15)/t4-,5-,6+,7-,8-,9-,10+,12+/m0/s1. The van der Waals surface area contributed by atoms with Crippen LogP contribution in [0.3, 0.4) is 0 Å². The van der Waals surface area contributed by atoms with Crippen LogP contribution in [0, 0.1) is 46.8 Å². The van der Waals surface area contributed by atoms with E-state index in [9.17, 15) is 9.90 Å². The van der Waals surface area contributed by atoms with Crippen LogP contribution in [-0.4, -0.2) is 30.1 Å². The van der Waals surface area contributed by atoms with Gasteiger partial charge in [-0.15, -0.1) is 0 Å². The highest BCUT2D eigenvalue weighted by Gasteiger charge is 3.00. The third-order valence-electron chi connectivity index (χ3n) is 7.26. The highest BCUT2D eigenvalue weighted by molar-refractivity contribution is 5.82. The van der Waals surface area contributed by atoms with E-state index in [2.05, 4.69) is 0 Å². The van der Waals surface area contributed by atoms with Gasteiger partial charge in [0.1, 0.15) is 0 Å². The molecule has 1 spiro atoms. The Morgan fingerprint density at radius 1 is 1.18 bits per heavy atom. The quantitative estimate of drug-likeness (QED) is 0.720. The Kier molecular flexibility index (Phi) is 0.975. The van der Waals surface area contributed by atoms with Crippen LogP contribution in [0.2, 0.25) is 0 Å². The van der Waals surface area contributed by atoms with Gasteiger partial charge >= 0.3 is 5.97 Å². The van der Waals surface area contributed by atoms with Crippen LogP contribution >= 0.6 is 0 Å². The topological polar surface area (TPSA) is 55.8 Å². The van der Waals surface area contributed by atoms with Gasteiger partial charge in [-0.25, -0.2) is 0 Å². The monoisotopic (exact) mass is 234 g/mol. The van der Waals surface area contributed by atoms with Gasteiger partial charge in [0.25, 0.3) is 0 Å². The summed E-state index contributed by atoms with van der Waals surface area (Å²) in [5, 5.41) is 9.76. The molecular formula is C13H14O4. The summed E-state index contributed by atoms with van der Waals surface area (Å²) in [7, 11) is 0. The van der Waals surface area contributed by atoms with Crippen LogP contribution in [0.5, 0.6) is 0 Å². The molecule has 6 saturated carbocycles. The number of aliphatic carboxylic acids is 1. The van der Waals surface area contributed by atoms with E-state index in [0.29, 0.717) is 42.8 Å². The summed E-state index contributed by atoms with van der Waals surface area (Å²) in [5.74, 6) is 2.44. The van der Waals surface area contributed by atoms with Crippen molar-refractivity contribution in [2.75, 3.05) is 13.2 Å². The van der Waals surface area contributed by atoms with E-state index in [1.165, 1.54) is 0 Å². The zero-order chi connectivity index (χ0) is 11.2. The molecule has 4 heteroatoms. The van der Waals surface area contributed by atoms with E-state index in [1.54, 1.807) is 0 Å². The third kappa shape index (κ3) is 0.473. The molecule has 1 heterocycles. The molecule has 0 aromatic rings. The van der Waals surface area contributed by atoms with Crippen molar-refractivity contribution in [3.05, 3.63) is 0 Å². The zero-order valence-electron chi connectivity index (χ0n) is 9.33. The first-order valence-corrected chi connectivity index (χ1v) is 6.76. The molecule has 7 rings (SSSR count). The van der Waals surface area contributed by atoms with E-state index in [1.807, 2.05) is 0 Å². The lowest BCUT2D eigenvalue weighted by Gasteiger charge is -2.67. The maximum atomic E-state index is 11.9. The van der Waals surface area contributed by atoms with E-state index in [4.69, 9.17) is 9.47 Å². The van der Waals surface area contributed by atoms with Crippen molar-refractivity contribution < 1.29 is 19.4 Å². The lowest BCUT2D eigenvalue weighted by molar-refractivity contribution is -0.252. The number of carboxylic acid groups (broad SMARTS) is 1.